The summed E-state index contributed by atoms with van der Waals surface area (Å²) in [6.45, 7) is 1.20. The molecule has 9 heteroatoms. The van der Waals surface area contributed by atoms with E-state index in [0.717, 1.165) is 0 Å². The number of aryl methyl sites for hydroxylation is 1. The predicted molar refractivity (Wildman–Crippen MR) is 107 cm³/mol. The summed E-state index contributed by atoms with van der Waals surface area (Å²) in [4.78, 5) is 48.8. The summed E-state index contributed by atoms with van der Waals surface area (Å²) in [5.74, 6) is -1.52. The van der Waals surface area contributed by atoms with Gasteiger partial charge in [-0.25, -0.2) is 0 Å². The number of benzene rings is 2. The van der Waals surface area contributed by atoms with Gasteiger partial charge in [-0.05, 0) is 37.3 Å². The van der Waals surface area contributed by atoms with Gasteiger partial charge < -0.3 is 14.4 Å². The van der Waals surface area contributed by atoms with Crippen molar-refractivity contribution >= 4 is 29.0 Å². The molecule has 1 aliphatic heterocycles. The third kappa shape index (κ3) is 4.45. The number of methoxy groups -OCH3 is 1. The molecule has 3 rings (SSSR count). The first-order chi connectivity index (χ1) is 14.3. The van der Waals surface area contributed by atoms with Gasteiger partial charge in [0.25, 0.3) is 5.69 Å². The number of anilines is 1. The van der Waals surface area contributed by atoms with Crippen molar-refractivity contribution in [1.29, 1.82) is 0 Å². The molecule has 1 aliphatic rings. The Balaban J connectivity index is 1.61. The van der Waals surface area contributed by atoms with E-state index in [0.29, 0.717) is 22.6 Å². The standard InChI is InChI=1S/C21H20N2O7/c1-13-3-6-16(10-18(13)23(27)28)22-11-15(9-20(22)25)21(26)30-12-19(24)14-4-7-17(29-2)8-5-14/h3-8,10,15H,9,11-12H2,1-2H3/t15-/m0/s1. The molecule has 0 saturated carbocycles. The normalized spacial score (nSPS) is 15.7. The zero-order valence-corrected chi connectivity index (χ0v) is 16.5. The quantitative estimate of drug-likeness (QED) is 0.297. The molecule has 1 saturated heterocycles. The number of nitro benzene ring substituents is 1. The van der Waals surface area contributed by atoms with E-state index in [-0.39, 0.29) is 30.3 Å². The van der Waals surface area contributed by atoms with Crippen LogP contribution in [0.2, 0.25) is 0 Å². The van der Waals surface area contributed by atoms with E-state index in [1.807, 2.05) is 0 Å². The van der Waals surface area contributed by atoms with Crippen molar-refractivity contribution in [1.82, 2.24) is 0 Å². The Hall–Kier alpha value is -3.75. The second-order valence-electron chi connectivity index (χ2n) is 6.89. The van der Waals surface area contributed by atoms with Crippen molar-refractivity contribution < 1.29 is 28.8 Å². The number of Topliss-reactive ketones (excluding diaryl/α,β-unsaturated/α-hetero) is 1. The number of amides is 1. The third-order valence-corrected chi connectivity index (χ3v) is 4.92. The topological polar surface area (TPSA) is 116 Å². The Bertz CT molecular complexity index is 1000. The molecule has 0 bridgehead atoms. The minimum Gasteiger partial charge on any atom is -0.497 e. The number of nitro groups is 1. The van der Waals surface area contributed by atoms with Crippen LogP contribution in [0, 0.1) is 23.0 Å². The number of rotatable bonds is 7. The van der Waals surface area contributed by atoms with Gasteiger partial charge in [-0.2, -0.15) is 0 Å². The van der Waals surface area contributed by atoms with Crippen molar-refractivity contribution in [2.75, 3.05) is 25.2 Å². The average Bonchev–Trinajstić information content (AvgIpc) is 3.13. The number of carbonyl (C=O) groups is 3. The van der Waals surface area contributed by atoms with Crippen molar-refractivity contribution in [3.63, 3.8) is 0 Å². The van der Waals surface area contributed by atoms with Gasteiger partial charge in [-0.15, -0.1) is 0 Å². The average molecular weight is 412 g/mol. The monoisotopic (exact) mass is 412 g/mol. The van der Waals surface area contributed by atoms with Gasteiger partial charge in [-0.1, -0.05) is 6.07 Å². The van der Waals surface area contributed by atoms with Crippen molar-refractivity contribution in [2.45, 2.75) is 13.3 Å². The molecule has 9 nitrogen and oxygen atoms in total. The summed E-state index contributed by atoms with van der Waals surface area (Å²) in [5.41, 5.74) is 1.10. The molecular formula is C21H20N2O7. The maximum atomic E-state index is 12.4. The second-order valence-corrected chi connectivity index (χ2v) is 6.89. The highest BCUT2D eigenvalue weighted by atomic mass is 16.6. The fourth-order valence-corrected chi connectivity index (χ4v) is 3.19. The molecule has 1 heterocycles. The largest absolute Gasteiger partial charge is 0.497 e. The highest BCUT2D eigenvalue weighted by molar-refractivity contribution is 6.01. The number of hydrogen-bond donors (Lipinski definition) is 0. The Morgan fingerprint density at radius 3 is 2.53 bits per heavy atom. The van der Waals surface area contributed by atoms with Crippen molar-refractivity contribution in [3.8, 4) is 5.75 Å². The van der Waals surface area contributed by atoms with Crippen molar-refractivity contribution in [2.24, 2.45) is 5.92 Å². The molecule has 0 unspecified atom stereocenters. The summed E-state index contributed by atoms with van der Waals surface area (Å²) < 4.78 is 10.1. The first-order valence-corrected chi connectivity index (χ1v) is 9.19. The summed E-state index contributed by atoms with van der Waals surface area (Å²) in [6.07, 6.45) is -0.0861. The molecule has 0 aliphatic carbocycles. The second kappa shape index (κ2) is 8.73. The van der Waals surface area contributed by atoms with Gasteiger partial charge in [0.1, 0.15) is 5.75 Å². The van der Waals surface area contributed by atoms with E-state index in [9.17, 15) is 24.5 Å². The van der Waals surface area contributed by atoms with E-state index in [1.54, 1.807) is 43.3 Å². The molecule has 1 amide bonds. The lowest BCUT2D eigenvalue weighted by molar-refractivity contribution is -0.385. The van der Waals surface area contributed by atoms with E-state index < -0.39 is 23.4 Å². The first kappa shape index (κ1) is 21.0. The van der Waals surface area contributed by atoms with Crippen molar-refractivity contribution in [3.05, 3.63) is 63.7 Å². The Morgan fingerprint density at radius 1 is 1.20 bits per heavy atom. The maximum absolute atomic E-state index is 12.4. The predicted octanol–water partition coefficient (Wildman–Crippen LogP) is 2.69. The van der Waals surface area contributed by atoms with Crippen LogP contribution in [0.15, 0.2) is 42.5 Å². The van der Waals surface area contributed by atoms with Gasteiger partial charge in [0, 0.05) is 30.2 Å². The molecule has 0 radical (unpaired) electrons. The maximum Gasteiger partial charge on any atom is 0.311 e. The Labute approximate surface area is 172 Å². The van der Waals surface area contributed by atoms with Crippen LogP contribution >= 0.6 is 0 Å². The van der Waals surface area contributed by atoms with E-state index in [1.165, 1.54) is 18.1 Å². The summed E-state index contributed by atoms with van der Waals surface area (Å²) in [6, 6.07) is 10.9. The van der Waals surface area contributed by atoms with E-state index >= 15 is 0 Å². The molecule has 0 N–H and O–H groups in total. The molecule has 1 fully saturated rings. The molecule has 0 aromatic heterocycles. The van der Waals surface area contributed by atoms with E-state index in [4.69, 9.17) is 9.47 Å². The van der Waals surface area contributed by atoms with Crippen LogP contribution in [0.4, 0.5) is 11.4 Å². The lowest BCUT2D eigenvalue weighted by atomic mass is 10.1. The van der Waals surface area contributed by atoms with Gasteiger partial charge in [0.05, 0.1) is 23.6 Å². The Morgan fingerprint density at radius 2 is 1.90 bits per heavy atom. The van der Waals surface area contributed by atoms with Crippen LogP contribution < -0.4 is 9.64 Å². The zero-order valence-electron chi connectivity index (χ0n) is 16.5. The lowest BCUT2D eigenvalue weighted by Gasteiger charge is -2.16. The fourth-order valence-electron chi connectivity index (χ4n) is 3.19. The first-order valence-electron chi connectivity index (χ1n) is 9.19. The molecule has 2 aromatic carbocycles. The van der Waals surface area contributed by atoms with Crippen LogP contribution in [-0.2, 0) is 14.3 Å². The number of hydrogen-bond acceptors (Lipinski definition) is 7. The number of carbonyl (C=O) groups excluding carboxylic acids is 3. The van der Waals surface area contributed by atoms with Gasteiger partial charge in [0.2, 0.25) is 5.91 Å². The van der Waals surface area contributed by atoms with Crippen LogP contribution in [-0.4, -0.2) is 42.8 Å². The molecule has 0 spiro atoms. The lowest BCUT2D eigenvalue weighted by Crippen LogP contribution is -2.27. The van der Waals surface area contributed by atoms with Gasteiger partial charge >= 0.3 is 5.97 Å². The van der Waals surface area contributed by atoms with Gasteiger partial charge in [-0.3, -0.25) is 24.5 Å². The van der Waals surface area contributed by atoms with Gasteiger partial charge in [0.15, 0.2) is 12.4 Å². The van der Waals surface area contributed by atoms with Crippen LogP contribution in [0.5, 0.6) is 5.75 Å². The minimum absolute atomic E-state index is 0.0363. The number of nitrogens with zero attached hydrogens (tertiary/aromatic N) is 2. The third-order valence-electron chi connectivity index (χ3n) is 4.92. The van der Waals surface area contributed by atoms with Crippen LogP contribution in [0.25, 0.3) is 0 Å². The molecule has 156 valence electrons. The summed E-state index contributed by atoms with van der Waals surface area (Å²) >= 11 is 0. The smallest absolute Gasteiger partial charge is 0.311 e. The number of ketones is 1. The van der Waals surface area contributed by atoms with Crippen LogP contribution in [0.3, 0.4) is 0 Å². The highest BCUT2D eigenvalue weighted by Crippen LogP contribution is 2.30. The minimum atomic E-state index is -0.749. The SMILES string of the molecule is COc1ccc(C(=O)COC(=O)[C@H]2CC(=O)N(c3ccc(C)c([N+](=O)[O-])c3)C2)cc1. The zero-order chi connectivity index (χ0) is 21.8. The Kier molecular flexibility index (Phi) is 6.10. The summed E-state index contributed by atoms with van der Waals surface area (Å²) in [5, 5.41) is 11.1. The molecule has 1 atom stereocenters. The fraction of sp³-hybridized carbons (Fsp3) is 0.286. The van der Waals surface area contributed by atoms with E-state index in [2.05, 4.69) is 0 Å². The summed E-state index contributed by atoms with van der Waals surface area (Å²) in [7, 11) is 1.51. The molecule has 2 aromatic rings. The molecule has 30 heavy (non-hydrogen) atoms. The number of ether oxygens (including phenoxy) is 2. The highest BCUT2D eigenvalue weighted by Gasteiger charge is 2.37. The number of esters is 1. The van der Waals surface area contributed by atoms with Crippen LogP contribution in [0.1, 0.15) is 22.3 Å². The molecular weight excluding hydrogens is 392 g/mol.